The molecule has 0 bridgehead atoms. The Hall–Kier alpha value is -1.57. The predicted molar refractivity (Wildman–Crippen MR) is 89.3 cm³/mol. The molecule has 132 valence electrons. The number of hydrogen-bond donors (Lipinski definition) is 1. The lowest BCUT2D eigenvalue weighted by molar-refractivity contribution is 0.499. The normalized spacial score (nSPS) is 14.5. The maximum Gasteiger partial charge on any atom is 0.181 e. The van der Waals surface area contributed by atoms with Crippen LogP contribution in [0.25, 0.3) is 0 Å². The van der Waals surface area contributed by atoms with Gasteiger partial charge in [0.1, 0.15) is 11.7 Å². The number of allylic oxidation sites excluding steroid dienone is 5. The molecule has 0 aliphatic carbocycles. The summed E-state index contributed by atoms with van der Waals surface area (Å²) in [6.45, 7) is 2.85. The summed E-state index contributed by atoms with van der Waals surface area (Å²) in [5, 5.41) is -0.908. The van der Waals surface area contributed by atoms with Crippen molar-refractivity contribution in [2.75, 3.05) is 6.54 Å². The molecule has 0 saturated carbocycles. The molecular weight excluding hydrogens is 363 g/mol. The summed E-state index contributed by atoms with van der Waals surface area (Å²) in [5.74, 6) is -3.61. The molecule has 1 atom stereocenters. The van der Waals surface area contributed by atoms with Crippen LogP contribution in [0.1, 0.15) is 12.8 Å². The minimum absolute atomic E-state index is 0.0243. The van der Waals surface area contributed by atoms with E-state index in [4.69, 9.17) is 17.3 Å². The van der Waals surface area contributed by atoms with E-state index in [2.05, 4.69) is 6.58 Å². The van der Waals surface area contributed by atoms with Gasteiger partial charge in [-0.25, -0.2) is 21.6 Å². The Kier molecular flexibility index (Phi) is 7.72. The maximum absolute atomic E-state index is 13.9. The quantitative estimate of drug-likeness (QED) is 0.680. The van der Waals surface area contributed by atoms with Crippen LogP contribution in [-0.4, -0.2) is 20.2 Å². The molecule has 24 heavy (non-hydrogen) atoms. The molecule has 0 saturated heterocycles. The second kappa shape index (κ2) is 9.05. The van der Waals surface area contributed by atoms with Crippen molar-refractivity contribution in [3.05, 3.63) is 65.5 Å². The van der Waals surface area contributed by atoms with Crippen molar-refractivity contribution in [1.29, 1.82) is 0 Å². The Morgan fingerprint density at radius 3 is 2.29 bits per heavy atom. The molecule has 8 heteroatoms. The van der Waals surface area contributed by atoms with Gasteiger partial charge in [0.25, 0.3) is 0 Å². The number of hydrogen-bond acceptors (Lipinski definition) is 3. The van der Waals surface area contributed by atoms with Crippen molar-refractivity contribution >= 4 is 21.4 Å². The zero-order valence-electron chi connectivity index (χ0n) is 12.7. The largest absolute Gasteiger partial charge is 0.330 e. The maximum atomic E-state index is 13.9. The highest BCUT2D eigenvalue weighted by Gasteiger charge is 2.29. The molecule has 3 nitrogen and oxygen atoms in total. The zero-order chi connectivity index (χ0) is 18.3. The molecule has 1 unspecified atom stereocenters. The highest BCUT2D eigenvalue weighted by molar-refractivity contribution is 7.92. The van der Waals surface area contributed by atoms with Gasteiger partial charge in [-0.15, -0.1) is 0 Å². The first-order valence-electron chi connectivity index (χ1n) is 6.94. The van der Waals surface area contributed by atoms with E-state index in [0.29, 0.717) is 17.2 Å². The minimum Gasteiger partial charge on any atom is -0.330 e. The van der Waals surface area contributed by atoms with Crippen molar-refractivity contribution in [2.45, 2.75) is 23.0 Å². The third-order valence-corrected chi connectivity index (χ3v) is 5.61. The highest BCUT2D eigenvalue weighted by Crippen LogP contribution is 2.27. The van der Waals surface area contributed by atoms with Gasteiger partial charge < -0.3 is 5.73 Å². The standard InChI is InChI=1S/C16H17ClF3NO2S/c1-11(18)2-7-15(19)16(20)10-14(8-9-21)24(22,23)13-5-3-12(17)4-6-13/h2-7,14H,1,8-10,21H2/b7-2-,16-15-. The first kappa shape index (κ1) is 20.5. The molecule has 0 amide bonds. The molecule has 0 spiro atoms. The zero-order valence-corrected chi connectivity index (χ0v) is 14.3. The Bertz CT molecular complexity index is 743. The second-order valence-corrected chi connectivity index (χ2v) is 7.60. The van der Waals surface area contributed by atoms with Crippen LogP contribution in [0.2, 0.25) is 5.02 Å². The number of halogens is 4. The van der Waals surface area contributed by atoms with E-state index in [9.17, 15) is 21.6 Å². The van der Waals surface area contributed by atoms with Gasteiger partial charge in [-0.1, -0.05) is 18.2 Å². The van der Waals surface area contributed by atoms with Gasteiger partial charge in [0.15, 0.2) is 15.7 Å². The van der Waals surface area contributed by atoms with Crippen LogP contribution >= 0.6 is 11.6 Å². The lowest BCUT2D eigenvalue weighted by atomic mass is 10.2. The first-order valence-corrected chi connectivity index (χ1v) is 8.87. The van der Waals surface area contributed by atoms with Gasteiger partial charge in [-0.2, -0.15) is 0 Å². The molecule has 0 aliphatic rings. The number of nitrogens with two attached hydrogens (primary N) is 1. The van der Waals surface area contributed by atoms with Gasteiger partial charge >= 0.3 is 0 Å². The predicted octanol–water partition coefficient (Wildman–Crippen LogP) is 4.41. The molecule has 0 aliphatic heterocycles. The fourth-order valence-corrected chi connectivity index (χ4v) is 3.76. The number of sulfone groups is 1. The van der Waals surface area contributed by atoms with Gasteiger partial charge in [-0.05, 0) is 49.4 Å². The lowest BCUT2D eigenvalue weighted by Crippen LogP contribution is -2.25. The van der Waals surface area contributed by atoms with Crippen molar-refractivity contribution < 1.29 is 21.6 Å². The van der Waals surface area contributed by atoms with Crippen LogP contribution in [0.3, 0.4) is 0 Å². The fraction of sp³-hybridized carbons (Fsp3) is 0.250. The molecule has 1 aromatic rings. The topological polar surface area (TPSA) is 60.2 Å². The minimum atomic E-state index is -3.94. The van der Waals surface area contributed by atoms with Crippen LogP contribution in [-0.2, 0) is 9.84 Å². The van der Waals surface area contributed by atoms with Crippen molar-refractivity contribution in [3.8, 4) is 0 Å². The second-order valence-electron chi connectivity index (χ2n) is 4.94. The first-order chi connectivity index (χ1) is 11.2. The van der Waals surface area contributed by atoms with E-state index >= 15 is 0 Å². The van der Waals surface area contributed by atoms with E-state index in [1.807, 2.05) is 0 Å². The molecule has 1 aromatic carbocycles. The Morgan fingerprint density at radius 2 is 1.79 bits per heavy atom. The Balaban J connectivity index is 3.11. The van der Waals surface area contributed by atoms with Crippen LogP contribution in [0.15, 0.2) is 65.4 Å². The van der Waals surface area contributed by atoms with Crippen molar-refractivity contribution in [1.82, 2.24) is 0 Å². The molecule has 1 rings (SSSR count). The average molecular weight is 380 g/mol. The summed E-state index contributed by atoms with van der Waals surface area (Å²) in [6.07, 6.45) is 0.412. The SMILES string of the molecule is C=C(F)/C=C\C(F)=C(\F)CC(CCN)S(=O)(=O)c1ccc(Cl)cc1. The third-order valence-electron chi connectivity index (χ3n) is 3.15. The number of benzene rings is 1. The molecule has 0 radical (unpaired) electrons. The average Bonchev–Trinajstić information content (AvgIpc) is 2.52. The summed E-state index contributed by atoms with van der Waals surface area (Å²) in [7, 11) is -3.94. The van der Waals surface area contributed by atoms with Crippen LogP contribution in [0.4, 0.5) is 13.2 Å². The number of rotatable bonds is 8. The molecule has 0 aromatic heterocycles. The van der Waals surface area contributed by atoms with Crippen molar-refractivity contribution in [2.24, 2.45) is 5.73 Å². The third kappa shape index (κ3) is 5.81. The molecular formula is C16H17ClF3NO2S. The monoisotopic (exact) mass is 379 g/mol. The Labute approximate surface area is 144 Å². The molecule has 0 fully saturated rings. The van der Waals surface area contributed by atoms with E-state index in [1.54, 1.807) is 0 Å². The summed E-state index contributed by atoms with van der Waals surface area (Å²) < 4.78 is 65.0. The highest BCUT2D eigenvalue weighted by atomic mass is 35.5. The van der Waals surface area contributed by atoms with Crippen LogP contribution in [0.5, 0.6) is 0 Å². The summed E-state index contributed by atoms with van der Waals surface area (Å²) in [4.78, 5) is -0.0637. The summed E-state index contributed by atoms with van der Waals surface area (Å²) in [5.41, 5.74) is 5.39. The lowest BCUT2D eigenvalue weighted by Gasteiger charge is -2.16. The van der Waals surface area contributed by atoms with E-state index in [-0.39, 0.29) is 17.9 Å². The van der Waals surface area contributed by atoms with Crippen LogP contribution < -0.4 is 5.73 Å². The van der Waals surface area contributed by atoms with Gasteiger partial charge in [0.2, 0.25) is 0 Å². The smallest absolute Gasteiger partial charge is 0.181 e. The molecule has 2 N–H and O–H groups in total. The summed E-state index contributed by atoms with van der Waals surface area (Å²) >= 11 is 5.71. The van der Waals surface area contributed by atoms with E-state index < -0.39 is 39.0 Å². The van der Waals surface area contributed by atoms with Crippen molar-refractivity contribution in [3.63, 3.8) is 0 Å². The van der Waals surface area contributed by atoms with Crippen LogP contribution in [0, 0.1) is 0 Å². The van der Waals surface area contributed by atoms with E-state index in [1.165, 1.54) is 24.3 Å². The van der Waals surface area contributed by atoms with Gasteiger partial charge in [-0.3, -0.25) is 0 Å². The van der Waals surface area contributed by atoms with Gasteiger partial charge in [0, 0.05) is 11.4 Å². The Morgan fingerprint density at radius 1 is 1.21 bits per heavy atom. The summed E-state index contributed by atoms with van der Waals surface area (Å²) in [6, 6.07) is 5.34. The van der Waals surface area contributed by atoms with Gasteiger partial charge in [0.05, 0.1) is 10.1 Å². The fourth-order valence-electron chi connectivity index (χ4n) is 1.92. The molecule has 0 heterocycles. The van der Waals surface area contributed by atoms with E-state index in [0.717, 1.165) is 0 Å².